The molecule has 110 valence electrons. The summed E-state index contributed by atoms with van der Waals surface area (Å²) in [5.41, 5.74) is 2.10. The van der Waals surface area contributed by atoms with E-state index in [2.05, 4.69) is 37.3 Å². The third-order valence-corrected chi connectivity index (χ3v) is 4.02. The van der Waals surface area contributed by atoms with E-state index in [0.29, 0.717) is 6.10 Å². The van der Waals surface area contributed by atoms with Crippen LogP contribution in [0.15, 0.2) is 41.3 Å². The molecule has 2 heterocycles. The van der Waals surface area contributed by atoms with Crippen LogP contribution in [-0.2, 0) is 6.54 Å². The molecule has 21 heavy (non-hydrogen) atoms. The maximum Gasteiger partial charge on any atom is 0.213 e. The topological polar surface area (TPSA) is 47.0 Å². The molecule has 1 N–H and O–H groups in total. The number of nitrogens with one attached hydrogen (secondary N) is 1. The van der Waals surface area contributed by atoms with E-state index in [9.17, 15) is 0 Å². The molecule has 0 unspecified atom stereocenters. The number of ether oxygens (including phenoxy) is 1. The van der Waals surface area contributed by atoms with Gasteiger partial charge in [0.1, 0.15) is 6.10 Å². The maximum absolute atomic E-state index is 5.86. The van der Waals surface area contributed by atoms with E-state index in [1.54, 1.807) is 12.4 Å². The second kappa shape index (κ2) is 6.89. The van der Waals surface area contributed by atoms with E-state index in [1.807, 2.05) is 18.3 Å². The Labute approximate surface area is 133 Å². The van der Waals surface area contributed by atoms with Crippen molar-refractivity contribution >= 4 is 21.6 Å². The lowest BCUT2D eigenvalue weighted by Gasteiger charge is -2.12. The zero-order chi connectivity index (χ0) is 14.5. The summed E-state index contributed by atoms with van der Waals surface area (Å²) in [6.45, 7) is 0.717. The quantitative estimate of drug-likeness (QED) is 0.881. The first-order chi connectivity index (χ1) is 10.3. The van der Waals surface area contributed by atoms with Gasteiger partial charge in [0.15, 0.2) is 0 Å². The van der Waals surface area contributed by atoms with Crippen LogP contribution in [0, 0.1) is 0 Å². The highest BCUT2D eigenvalue weighted by molar-refractivity contribution is 9.10. The van der Waals surface area contributed by atoms with Gasteiger partial charge in [-0.15, -0.1) is 0 Å². The van der Waals surface area contributed by atoms with Crippen molar-refractivity contribution in [2.75, 3.05) is 5.32 Å². The molecule has 0 saturated heterocycles. The molecule has 2 aromatic heterocycles. The van der Waals surface area contributed by atoms with E-state index in [1.165, 1.54) is 12.8 Å². The van der Waals surface area contributed by atoms with Crippen molar-refractivity contribution in [1.29, 1.82) is 0 Å². The van der Waals surface area contributed by atoms with Crippen molar-refractivity contribution in [3.8, 4) is 5.88 Å². The van der Waals surface area contributed by atoms with Gasteiger partial charge in [-0.3, -0.25) is 4.98 Å². The van der Waals surface area contributed by atoms with E-state index < -0.39 is 0 Å². The van der Waals surface area contributed by atoms with E-state index >= 15 is 0 Å². The van der Waals surface area contributed by atoms with Crippen molar-refractivity contribution in [3.63, 3.8) is 0 Å². The zero-order valence-corrected chi connectivity index (χ0v) is 13.3. The van der Waals surface area contributed by atoms with Crippen molar-refractivity contribution < 1.29 is 4.74 Å². The van der Waals surface area contributed by atoms with Crippen LogP contribution in [0.3, 0.4) is 0 Å². The molecule has 2 aromatic rings. The normalized spacial score (nSPS) is 15.1. The molecule has 0 atom stereocenters. The Morgan fingerprint density at radius 3 is 2.76 bits per heavy atom. The maximum atomic E-state index is 5.86. The van der Waals surface area contributed by atoms with Gasteiger partial charge in [-0.25, -0.2) is 4.98 Å². The molecule has 0 aromatic carbocycles. The standard InChI is InChI=1S/C16H18BrN3O/c17-13-7-14(11-18-10-13)19-8-12-5-6-16(20-9-12)21-15-3-1-2-4-15/h5-7,9-11,15,19H,1-4,8H2. The number of halogens is 1. The Bertz CT molecular complexity index is 582. The van der Waals surface area contributed by atoms with Crippen molar-refractivity contribution in [1.82, 2.24) is 9.97 Å². The third kappa shape index (κ3) is 4.17. The fourth-order valence-electron chi connectivity index (χ4n) is 2.47. The predicted octanol–water partition coefficient (Wildman–Crippen LogP) is 4.17. The van der Waals surface area contributed by atoms with Gasteiger partial charge in [0.25, 0.3) is 0 Å². The van der Waals surface area contributed by atoms with E-state index in [0.717, 1.165) is 41.0 Å². The lowest BCUT2D eigenvalue weighted by molar-refractivity contribution is 0.201. The summed E-state index contributed by atoms with van der Waals surface area (Å²) in [5, 5.41) is 3.32. The molecule has 0 amide bonds. The van der Waals surface area contributed by atoms with Crippen LogP contribution in [0.2, 0.25) is 0 Å². The van der Waals surface area contributed by atoms with Crippen LogP contribution in [0.25, 0.3) is 0 Å². The largest absolute Gasteiger partial charge is 0.474 e. The summed E-state index contributed by atoms with van der Waals surface area (Å²) >= 11 is 3.41. The van der Waals surface area contributed by atoms with Gasteiger partial charge in [0.05, 0.1) is 11.9 Å². The zero-order valence-electron chi connectivity index (χ0n) is 11.8. The first kappa shape index (κ1) is 14.3. The summed E-state index contributed by atoms with van der Waals surface area (Å²) in [5.74, 6) is 0.731. The first-order valence-corrected chi connectivity index (χ1v) is 8.05. The molecular formula is C16H18BrN3O. The lowest BCUT2D eigenvalue weighted by atomic mass is 10.2. The number of anilines is 1. The van der Waals surface area contributed by atoms with Crippen LogP contribution >= 0.6 is 15.9 Å². The Morgan fingerprint density at radius 2 is 2.05 bits per heavy atom. The van der Waals surface area contributed by atoms with Gasteiger partial charge >= 0.3 is 0 Å². The fourth-order valence-corrected chi connectivity index (χ4v) is 2.84. The van der Waals surface area contributed by atoms with Gasteiger partial charge in [0.2, 0.25) is 5.88 Å². The highest BCUT2D eigenvalue weighted by Crippen LogP contribution is 2.23. The summed E-state index contributed by atoms with van der Waals surface area (Å²) in [6, 6.07) is 6.00. The Hall–Kier alpha value is -1.62. The predicted molar refractivity (Wildman–Crippen MR) is 86.4 cm³/mol. The molecule has 1 aliphatic rings. The molecule has 1 fully saturated rings. The van der Waals surface area contributed by atoms with Gasteiger partial charge in [0, 0.05) is 29.5 Å². The molecule has 0 bridgehead atoms. The van der Waals surface area contributed by atoms with Crippen LogP contribution in [0.4, 0.5) is 5.69 Å². The molecule has 0 radical (unpaired) electrons. The number of hydrogen-bond acceptors (Lipinski definition) is 4. The number of hydrogen-bond donors (Lipinski definition) is 1. The minimum absolute atomic E-state index is 0.356. The summed E-state index contributed by atoms with van der Waals surface area (Å²) in [7, 11) is 0. The van der Waals surface area contributed by atoms with Crippen molar-refractivity contribution in [2.24, 2.45) is 0 Å². The van der Waals surface area contributed by atoms with Gasteiger partial charge in [-0.2, -0.15) is 0 Å². The Balaban J connectivity index is 1.54. The average molecular weight is 348 g/mol. The minimum Gasteiger partial charge on any atom is -0.474 e. The Morgan fingerprint density at radius 1 is 1.19 bits per heavy atom. The molecule has 0 spiro atoms. The van der Waals surface area contributed by atoms with Crippen LogP contribution < -0.4 is 10.1 Å². The number of pyridine rings is 2. The first-order valence-electron chi connectivity index (χ1n) is 7.25. The summed E-state index contributed by atoms with van der Waals surface area (Å²) in [4.78, 5) is 8.51. The second-order valence-electron chi connectivity index (χ2n) is 5.27. The monoisotopic (exact) mass is 347 g/mol. The van der Waals surface area contributed by atoms with Gasteiger partial charge in [-0.1, -0.05) is 6.07 Å². The molecule has 4 nitrogen and oxygen atoms in total. The minimum atomic E-state index is 0.356. The molecule has 0 aliphatic heterocycles. The molecule has 3 rings (SSSR count). The highest BCUT2D eigenvalue weighted by Gasteiger charge is 2.16. The fraction of sp³-hybridized carbons (Fsp3) is 0.375. The van der Waals surface area contributed by atoms with Crippen LogP contribution in [-0.4, -0.2) is 16.1 Å². The summed E-state index contributed by atoms with van der Waals surface area (Å²) in [6.07, 6.45) is 10.6. The van der Waals surface area contributed by atoms with Crippen LogP contribution in [0.1, 0.15) is 31.2 Å². The molecule has 1 aliphatic carbocycles. The van der Waals surface area contributed by atoms with Gasteiger partial charge in [-0.05, 0) is 53.2 Å². The van der Waals surface area contributed by atoms with Crippen molar-refractivity contribution in [2.45, 2.75) is 38.3 Å². The number of aromatic nitrogens is 2. The highest BCUT2D eigenvalue weighted by atomic mass is 79.9. The Kier molecular flexibility index (Phi) is 4.70. The van der Waals surface area contributed by atoms with E-state index in [-0.39, 0.29) is 0 Å². The van der Waals surface area contributed by atoms with Gasteiger partial charge < -0.3 is 10.1 Å². The van der Waals surface area contributed by atoms with Crippen molar-refractivity contribution in [3.05, 3.63) is 46.8 Å². The second-order valence-corrected chi connectivity index (χ2v) is 6.19. The number of rotatable bonds is 5. The number of nitrogens with zero attached hydrogens (tertiary/aromatic N) is 2. The van der Waals surface area contributed by atoms with Crippen LogP contribution in [0.5, 0.6) is 5.88 Å². The van der Waals surface area contributed by atoms with E-state index in [4.69, 9.17) is 4.74 Å². The third-order valence-electron chi connectivity index (χ3n) is 3.59. The molecular weight excluding hydrogens is 330 g/mol. The molecule has 1 saturated carbocycles. The lowest BCUT2D eigenvalue weighted by Crippen LogP contribution is -2.11. The summed E-state index contributed by atoms with van der Waals surface area (Å²) < 4.78 is 6.82. The SMILES string of the molecule is Brc1cncc(NCc2ccc(OC3CCCC3)nc2)c1. The molecule has 5 heteroatoms. The smallest absolute Gasteiger partial charge is 0.213 e. The average Bonchev–Trinajstić information content (AvgIpc) is 3.00.